The number of alkyl halides is 3. The molecule has 2 heterocycles. The molecule has 146 valence electrons. The molecule has 0 aliphatic heterocycles. The van der Waals surface area contributed by atoms with E-state index >= 15 is 0 Å². The van der Waals surface area contributed by atoms with Crippen LogP contribution in [0.4, 0.5) is 17.6 Å². The number of ether oxygens (including phenoxy) is 1. The second kappa shape index (κ2) is 6.97. The van der Waals surface area contributed by atoms with Gasteiger partial charge in [0.2, 0.25) is 5.88 Å². The average Bonchev–Trinajstić information content (AvgIpc) is 3.17. The van der Waals surface area contributed by atoms with Gasteiger partial charge in [-0.3, -0.25) is 4.79 Å². The fraction of sp³-hybridized carbons (Fsp3) is 0.0526. The minimum Gasteiger partial charge on any atom is -0.439 e. The molecule has 0 unspecified atom stereocenters. The van der Waals surface area contributed by atoms with E-state index in [0.29, 0.717) is 17.2 Å². The van der Waals surface area contributed by atoms with Gasteiger partial charge in [-0.2, -0.15) is 27.8 Å². The highest BCUT2D eigenvalue weighted by Gasteiger charge is 2.34. The van der Waals surface area contributed by atoms with Crippen molar-refractivity contribution in [3.05, 3.63) is 83.6 Å². The van der Waals surface area contributed by atoms with Crippen molar-refractivity contribution < 1.29 is 27.1 Å². The Morgan fingerprint density at radius 2 is 1.59 bits per heavy atom. The molecule has 2 aromatic carbocycles. The van der Waals surface area contributed by atoms with Crippen LogP contribution in [-0.4, -0.2) is 25.4 Å². The highest BCUT2D eigenvalue weighted by molar-refractivity contribution is 6.09. The lowest BCUT2D eigenvalue weighted by Gasteiger charge is -2.11. The summed E-state index contributed by atoms with van der Waals surface area (Å²) in [5.74, 6) is -1.12. The van der Waals surface area contributed by atoms with Crippen LogP contribution in [0.2, 0.25) is 0 Å². The van der Waals surface area contributed by atoms with E-state index in [1.165, 1.54) is 48.5 Å². The van der Waals surface area contributed by atoms with Crippen LogP contribution in [-0.2, 0) is 6.18 Å². The zero-order chi connectivity index (χ0) is 20.6. The van der Waals surface area contributed by atoms with Gasteiger partial charge in [0.15, 0.2) is 11.5 Å². The molecule has 4 rings (SSSR count). The van der Waals surface area contributed by atoms with Crippen LogP contribution in [0.15, 0.2) is 60.9 Å². The number of hydrogen-bond donors (Lipinski definition) is 0. The van der Waals surface area contributed by atoms with Gasteiger partial charge in [0, 0.05) is 17.2 Å². The van der Waals surface area contributed by atoms with Crippen molar-refractivity contribution in [2.24, 2.45) is 0 Å². The van der Waals surface area contributed by atoms with E-state index < -0.39 is 17.7 Å². The van der Waals surface area contributed by atoms with Crippen molar-refractivity contribution in [2.45, 2.75) is 6.18 Å². The standard InChI is InChI=1S/C19H10F4N4O2/c20-13-5-1-11(2-6-13)17(28)12-3-7-14(8-4-12)29-16-9-15(19(21,22)23)26-18-24-10-25-27(16)18/h1-10H. The van der Waals surface area contributed by atoms with Crippen LogP contribution in [0.1, 0.15) is 21.6 Å². The van der Waals surface area contributed by atoms with Crippen LogP contribution in [0.3, 0.4) is 0 Å². The molecule has 6 nitrogen and oxygen atoms in total. The van der Waals surface area contributed by atoms with Gasteiger partial charge in [-0.15, -0.1) is 0 Å². The zero-order valence-corrected chi connectivity index (χ0v) is 14.4. The van der Waals surface area contributed by atoms with Crippen LogP contribution in [0.25, 0.3) is 5.78 Å². The molecule has 0 saturated heterocycles. The van der Waals surface area contributed by atoms with E-state index in [9.17, 15) is 22.4 Å². The van der Waals surface area contributed by atoms with E-state index in [4.69, 9.17) is 4.74 Å². The molecule has 29 heavy (non-hydrogen) atoms. The zero-order valence-electron chi connectivity index (χ0n) is 14.4. The first-order chi connectivity index (χ1) is 13.8. The van der Waals surface area contributed by atoms with Gasteiger partial charge in [0.05, 0.1) is 0 Å². The maximum absolute atomic E-state index is 13.0. The number of hydrogen-bond acceptors (Lipinski definition) is 5. The van der Waals surface area contributed by atoms with E-state index in [-0.39, 0.29) is 23.2 Å². The fourth-order valence-corrected chi connectivity index (χ4v) is 2.57. The number of carbonyl (C=O) groups is 1. The minimum atomic E-state index is -4.68. The average molecular weight is 402 g/mol. The molecule has 0 atom stereocenters. The van der Waals surface area contributed by atoms with Gasteiger partial charge in [-0.25, -0.2) is 9.37 Å². The molecule has 0 bridgehead atoms. The Hall–Kier alpha value is -3.82. The predicted octanol–water partition coefficient (Wildman–Crippen LogP) is 4.31. The molecule has 10 heteroatoms. The lowest BCUT2D eigenvalue weighted by atomic mass is 10.0. The van der Waals surface area contributed by atoms with Gasteiger partial charge in [0.1, 0.15) is 17.9 Å². The van der Waals surface area contributed by atoms with Crippen molar-refractivity contribution >= 4 is 11.6 Å². The van der Waals surface area contributed by atoms with Gasteiger partial charge in [-0.1, -0.05) is 0 Å². The second-order valence-corrected chi connectivity index (χ2v) is 5.91. The molecular formula is C19H10F4N4O2. The number of rotatable bonds is 4. The van der Waals surface area contributed by atoms with E-state index in [0.717, 1.165) is 10.8 Å². The molecule has 0 radical (unpaired) electrons. The summed E-state index contributed by atoms with van der Waals surface area (Å²) in [7, 11) is 0. The maximum atomic E-state index is 13.0. The number of benzene rings is 2. The van der Waals surface area contributed by atoms with E-state index in [2.05, 4.69) is 15.1 Å². The first-order valence-corrected chi connectivity index (χ1v) is 8.17. The summed E-state index contributed by atoms with van der Waals surface area (Å²) >= 11 is 0. The van der Waals surface area contributed by atoms with Gasteiger partial charge in [-0.05, 0) is 48.5 Å². The Kier molecular flexibility index (Phi) is 4.45. The molecule has 0 aliphatic carbocycles. The molecule has 0 N–H and O–H groups in total. The predicted molar refractivity (Wildman–Crippen MR) is 92.1 cm³/mol. The normalized spacial score (nSPS) is 11.6. The van der Waals surface area contributed by atoms with Gasteiger partial charge >= 0.3 is 6.18 Å². The molecule has 2 aromatic heterocycles. The summed E-state index contributed by atoms with van der Waals surface area (Å²) in [6.45, 7) is 0. The fourth-order valence-electron chi connectivity index (χ4n) is 2.57. The van der Waals surface area contributed by atoms with Crippen LogP contribution < -0.4 is 4.74 Å². The Bertz CT molecular complexity index is 1190. The molecule has 0 aliphatic rings. The highest BCUT2D eigenvalue weighted by atomic mass is 19.4. The molecule has 0 fully saturated rings. The Labute approximate surface area is 160 Å². The first kappa shape index (κ1) is 18.5. The molecule has 0 spiro atoms. The maximum Gasteiger partial charge on any atom is 0.433 e. The molecular weight excluding hydrogens is 392 g/mol. The first-order valence-electron chi connectivity index (χ1n) is 8.17. The second-order valence-electron chi connectivity index (χ2n) is 5.91. The lowest BCUT2D eigenvalue weighted by Crippen LogP contribution is -2.11. The third-order valence-corrected chi connectivity index (χ3v) is 3.95. The number of halogens is 4. The summed E-state index contributed by atoms with van der Waals surface area (Å²) in [5, 5.41) is 3.80. The largest absolute Gasteiger partial charge is 0.439 e. The highest BCUT2D eigenvalue weighted by Crippen LogP contribution is 2.31. The van der Waals surface area contributed by atoms with Gasteiger partial charge < -0.3 is 4.74 Å². The van der Waals surface area contributed by atoms with E-state index in [1.54, 1.807) is 0 Å². The molecule has 0 saturated carbocycles. The molecule has 0 amide bonds. The van der Waals surface area contributed by atoms with Crippen molar-refractivity contribution in [1.82, 2.24) is 19.6 Å². The summed E-state index contributed by atoms with van der Waals surface area (Å²) in [6.07, 6.45) is -3.63. The number of nitrogens with zero attached hydrogens (tertiary/aromatic N) is 4. The quantitative estimate of drug-likeness (QED) is 0.376. The lowest BCUT2D eigenvalue weighted by molar-refractivity contribution is -0.141. The summed E-state index contributed by atoms with van der Waals surface area (Å²) in [4.78, 5) is 19.5. The van der Waals surface area contributed by atoms with Crippen LogP contribution in [0, 0.1) is 5.82 Å². The summed E-state index contributed by atoms with van der Waals surface area (Å²) in [6, 6.07) is 11.5. The smallest absolute Gasteiger partial charge is 0.433 e. The monoisotopic (exact) mass is 402 g/mol. The third kappa shape index (κ3) is 3.77. The Morgan fingerprint density at radius 3 is 2.21 bits per heavy atom. The number of ketones is 1. The Morgan fingerprint density at radius 1 is 0.966 bits per heavy atom. The number of aromatic nitrogens is 4. The number of carbonyl (C=O) groups excluding carboxylic acids is 1. The Balaban J connectivity index is 1.61. The van der Waals surface area contributed by atoms with Gasteiger partial charge in [0.25, 0.3) is 5.78 Å². The minimum absolute atomic E-state index is 0.178. The van der Waals surface area contributed by atoms with Crippen molar-refractivity contribution in [1.29, 1.82) is 0 Å². The third-order valence-electron chi connectivity index (χ3n) is 3.95. The SMILES string of the molecule is O=C(c1ccc(F)cc1)c1ccc(Oc2cc(C(F)(F)F)nc3ncnn23)cc1. The summed E-state index contributed by atoms with van der Waals surface area (Å²) in [5.41, 5.74) is -0.565. The number of fused-ring (bicyclic) bond motifs is 1. The van der Waals surface area contributed by atoms with Crippen molar-refractivity contribution in [3.63, 3.8) is 0 Å². The van der Waals surface area contributed by atoms with Crippen LogP contribution >= 0.6 is 0 Å². The van der Waals surface area contributed by atoms with Crippen molar-refractivity contribution in [3.8, 4) is 11.6 Å². The van der Waals surface area contributed by atoms with Crippen LogP contribution in [0.5, 0.6) is 11.6 Å². The summed E-state index contributed by atoms with van der Waals surface area (Å²) < 4.78 is 58.6. The topological polar surface area (TPSA) is 69.4 Å². The molecule has 4 aromatic rings. The van der Waals surface area contributed by atoms with E-state index in [1.807, 2.05) is 0 Å². The van der Waals surface area contributed by atoms with Crippen molar-refractivity contribution in [2.75, 3.05) is 0 Å².